The minimum Gasteiger partial charge on any atom is -0.497 e. The molecule has 1 saturated heterocycles. The fourth-order valence-electron chi connectivity index (χ4n) is 4.55. The maximum absolute atomic E-state index is 13.4. The molecular formula is C28H31N9O6. The van der Waals surface area contributed by atoms with Gasteiger partial charge in [-0.1, -0.05) is 17.7 Å². The summed E-state index contributed by atoms with van der Waals surface area (Å²) in [5.41, 5.74) is 9.84. The van der Waals surface area contributed by atoms with Crippen molar-refractivity contribution in [2.45, 2.75) is 32.7 Å². The van der Waals surface area contributed by atoms with E-state index < -0.39 is 11.9 Å². The number of amides is 1. The number of nitrogen functional groups attached to an aromatic ring is 1. The molecule has 5 rings (SSSR count). The predicted octanol–water partition coefficient (Wildman–Crippen LogP) is 2.61. The van der Waals surface area contributed by atoms with Crippen LogP contribution in [-0.4, -0.2) is 75.1 Å². The summed E-state index contributed by atoms with van der Waals surface area (Å²) in [7, 11) is 1.52. The second kappa shape index (κ2) is 13.6. The van der Waals surface area contributed by atoms with Crippen LogP contribution in [0.3, 0.4) is 0 Å². The second-order valence-electron chi connectivity index (χ2n) is 9.57. The number of benzene rings is 2. The smallest absolute Gasteiger partial charge is 0.343 e. The Bertz CT molecular complexity index is 1610. The van der Waals surface area contributed by atoms with Gasteiger partial charge in [-0.25, -0.2) is 14.8 Å². The lowest BCUT2D eigenvalue weighted by atomic mass is 10.1. The number of methoxy groups -OCH3 is 1. The van der Waals surface area contributed by atoms with Crippen LogP contribution in [0.25, 0.3) is 5.82 Å². The number of nitrogens with one attached hydrogen (secondary N) is 1. The largest absolute Gasteiger partial charge is 0.497 e. The Balaban J connectivity index is 1.32. The highest BCUT2D eigenvalue weighted by Crippen LogP contribution is 2.29. The maximum atomic E-state index is 13.4. The van der Waals surface area contributed by atoms with E-state index in [1.165, 1.54) is 24.4 Å². The molecule has 4 aromatic rings. The molecule has 43 heavy (non-hydrogen) atoms. The number of esters is 1. The molecule has 15 heteroatoms. The van der Waals surface area contributed by atoms with Crippen molar-refractivity contribution in [3.63, 3.8) is 0 Å². The van der Waals surface area contributed by atoms with Crippen molar-refractivity contribution < 1.29 is 28.4 Å². The molecule has 15 nitrogen and oxygen atoms in total. The average Bonchev–Trinajstić information content (AvgIpc) is 3.64. The standard InChI is InChI=1S/C28H31N9O6/c1-3-41-23-14-18(10-11-22(23)42-28(39)19-8-7-9-20(15-19)40-2)16-30-32-27(38)24-21(17-36-12-5-4-6-13-36)31-35-37(24)26-25(29)33-43-34-26/h7-11,14-16H,3-6,12-13,17H2,1-2H3,(H2,29,33)(H,32,38). The fraction of sp³-hybridized carbons (Fsp3) is 0.321. The monoisotopic (exact) mass is 589 g/mol. The van der Waals surface area contributed by atoms with Crippen molar-refractivity contribution in [1.82, 2.24) is 35.6 Å². The van der Waals surface area contributed by atoms with Crippen LogP contribution in [0, 0.1) is 0 Å². The molecule has 1 amide bonds. The third-order valence-corrected chi connectivity index (χ3v) is 6.63. The molecule has 1 fully saturated rings. The molecule has 1 aliphatic heterocycles. The minimum absolute atomic E-state index is 0.0392. The van der Waals surface area contributed by atoms with Gasteiger partial charge in [-0.05, 0) is 85.1 Å². The molecule has 3 N–H and O–H groups in total. The molecule has 0 saturated carbocycles. The van der Waals surface area contributed by atoms with Gasteiger partial charge in [0.25, 0.3) is 5.91 Å². The van der Waals surface area contributed by atoms with Gasteiger partial charge >= 0.3 is 5.97 Å². The van der Waals surface area contributed by atoms with Crippen LogP contribution in [0.2, 0.25) is 0 Å². The molecule has 1 aliphatic rings. The lowest BCUT2D eigenvalue weighted by Crippen LogP contribution is -2.31. The van der Waals surface area contributed by atoms with E-state index in [1.807, 2.05) is 6.92 Å². The van der Waals surface area contributed by atoms with E-state index in [9.17, 15) is 9.59 Å². The zero-order chi connectivity index (χ0) is 30.2. The lowest BCUT2D eigenvalue weighted by molar-refractivity contribution is 0.0727. The number of carbonyl (C=O) groups excluding carboxylic acids is 2. The first-order valence-corrected chi connectivity index (χ1v) is 13.7. The number of hydrazone groups is 1. The van der Waals surface area contributed by atoms with E-state index >= 15 is 0 Å². The van der Waals surface area contributed by atoms with Crippen LogP contribution < -0.4 is 25.4 Å². The number of rotatable bonds is 11. The predicted molar refractivity (Wildman–Crippen MR) is 153 cm³/mol. The summed E-state index contributed by atoms with van der Waals surface area (Å²) in [6.07, 6.45) is 4.74. The Morgan fingerprint density at radius 1 is 1.12 bits per heavy atom. The molecule has 2 aromatic heterocycles. The van der Waals surface area contributed by atoms with Gasteiger partial charge in [-0.3, -0.25) is 9.69 Å². The Hall–Kier alpha value is -5.31. The Morgan fingerprint density at radius 3 is 2.70 bits per heavy atom. The highest BCUT2D eigenvalue weighted by Gasteiger charge is 2.26. The first-order valence-electron chi connectivity index (χ1n) is 13.7. The van der Waals surface area contributed by atoms with E-state index in [1.54, 1.807) is 42.5 Å². The number of carbonyl (C=O) groups is 2. The van der Waals surface area contributed by atoms with Gasteiger partial charge in [-0.15, -0.1) is 5.10 Å². The number of nitrogens with zero attached hydrogens (tertiary/aromatic N) is 7. The quantitative estimate of drug-likeness (QED) is 0.113. The summed E-state index contributed by atoms with van der Waals surface area (Å²) in [4.78, 5) is 28.3. The lowest BCUT2D eigenvalue weighted by Gasteiger charge is -2.25. The van der Waals surface area contributed by atoms with Gasteiger partial charge in [0.05, 0.1) is 25.5 Å². The third kappa shape index (κ3) is 6.95. The van der Waals surface area contributed by atoms with E-state index in [-0.39, 0.29) is 23.1 Å². The summed E-state index contributed by atoms with van der Waals surface area (Å²) in [6.45, 7) is 4.35. The van der Waals surface area contributed by atoms with E-state index in [2.05, 4.69) is 36.1 Å². The van der Waals surface area contributed by atoms with Crippen molar-refractivity contribution >= 4 is 23.9 Å². The molecule has 2 aromatic carbocycles. The van der Waals surface area contributed by atoms with Crippen molar-refractivity contribution in [2.75, 3.05) is 32.5 Å². The van der Waals surface area contributed by atoms with Gasteiger partial charge in [0.1, 0.15) is 11.4 Å². The molecule has 224 valence electrons. The highest BCUT2D eigenvalue weighted by atomic mass is 16.6. The number of likely N-dealkylation sites (tertiary alicyclic amines) is 1. The number of aromatic nitrogens is 5. The number of hydrogen-bond donors (Lipinski definition) is 2. The number of ether oxygens (including phenoxy) is 3. The molecule has 0 bridgehead atoms. The first-order chi connectivity index (χ1) is 21.0. The Labute approximate surface area is 246 Å². The summed E-state index contributed by atoms with van der Waals surface area (Å²) in [6, 6.07) is 11.5. The highest BCUT2D eigenvalue weighted by molar-refractivity contribution is 5.95. The van der Waals surface area contributed by atoms with E-state index in [4.69, 9.17) is 24.6 Å². The maximum Gasteiger partial charge on any atom is 0.343 e. The summed E-state index contributed by atoms with van der Waals surface area (Å²) in [5.74, 6) is -0.0472. The van der Waals surface area contributed by atoms with Crippen molar-refractivity contribution in [2.24, 2.45) is 5.10 Å². The zero-order valence-electron chi connectivity index (χ0n) is 23.7. The summed E-state index contributed by atoms with van der Waals surface area (Å²) < 4.78 is 22.3. The van der Waals surface area contributed by atoms with Crippen molar-refractivity contribution in [3.05, 3.63) is 65.0 Å². The van der Waals surface area contributed by atoms with Crippen LogP contribution in [-0.2, 0) is 6.54 Å². The van der Waals surface area contributed by atoms with Gasteiger partial charge in [-0.2, -0.15) is 9.78 Å². The Morgan fingerprint density at radius 2 is 1.95 bits per heavy atom. The van der Waals surface area contributed by atoms with Crippen molar-refractivity contribution in [1.29, 1.82) is 0 Å². The Kier molecular flexibility index (Phi) is 9.21. The molecule has 0 atom stereocenters. The van der Waals surface area contributed by atoms with E-state index in [0.29, 0.717) is 41.5 Å². The minimum atomic E-state index is -0.579. The number of hydrogen-bond acceptors (Lipinski definition) is 13. The van der Waals surface area contributed by atoms with Crippen molar-refractivity contribution in [3.8, 4) is 23.1 Å². The van der Waals surface area contributed by atoms with Crippen LogP contribution in [0.15, 0.2) is 52.2 Å². The molecule has 0 radical (unpaired) electrons. The fourth-order valence-corrected chi connectivity index (χ4v) is 4.55. The van der Waals surface area contributed by atoms with Gasteiger partial charge in [0.2, 0.25) is 11.6 Å². The molecular weight excluding hydrogens is 558 g/mol. The van der Waals surface area contributed by atoms with Gasteiger partial charge in [0, 0.05) is 6.54 Å². The van der Waals surface area contributed by atoms with Gasteiger partial charge in [0.15, 0.2) is 17.2 Å². The second-order valence-corrected chi connectivity index (χ2v) is 9.57. The molecule has 0 unspecified atom stereocenters. The SMILES string of the molecule is CCOc1cc(C=NNC(=O)c2c(CN3CCCCC3)nnn2-c2nonc2N)ccc1OC(=O)c1cccc(OC)c1. The average molecular weight is 590 g/mol. The normalized spacial score (nSPS) is 13.6. The van der Waals surface area contributed by atoms with Gasteiger partial charge < -0.3 is 19.9 Å². The topological polar surface area (TPSA) is 185 Å². The van der Waals surface area contributed by atoms with Crippen LogP contribution in [0.4, 0.5) is 5.82 Å². The third-order valence-electron chi connectivity index (χ3n) is 6.63. The van der Waals surface area contributed by atoms with Crippen LogP contribution >= 0.6 is 0 Å². The van der Waals surface area contributed by atoms with Crippen LogP contribution in [0.5, 0.6) is 17.2 Å². The molecule has 3 heterocycles. The number of nitrogens with two attached hydrogens (primary N) is 1. The van der Waals surface area contributed by atoms with E-state index in [0.717, 1.165) is 25.9 Å². The summed E-state index contributed by atoms with van der Waals surface area (Å²) >= 11 is 0. The summed E-state index contributed by atoms with van der Waals surface area (Å²) in [5, 5.41) is 19.8. The molecule has 0 spiro atoms. The first kappa shape index (κ1) is 29.2. The number of piperidine rings is 1. The van der Waals surface area contributed by atoms with Crippen LogP contribution in [0.1, 0.15) is 58.3 Å². The number of anilines is 1. The zero-order valence-corrected chi connectivity index (χ0v) is 23.7. The molecule has 0 aliphatic carbocycles.